The topological polar surface area (TPSA) is 102 Å². The van der Waals surface area contributed by atoms with E-state index in [0.717, 1.165) is 17.8 Å². The van der Waals surface area contributed by atoms with Crippen LogP contribution in [0.2, 0.25) is 0 Å². The van der Waals surface area contributed by atoms with Gasteiger partial charge in [0.2, 0.25) is 0 Å². The van der Waals surface area contributed by atoms with Crippen molar-refractivity contribution in [2.24, 2.45) is 0 Å². The summed E-state index contributed by atoms with van der Waals surface area (Å²) in [5.41, 5.74) is 2.25. The van der Waals surface area contributed by atoms with Crippen molar-refractivity contribution in [2.75, 3.05) is 0 Å². The fourth-order valence-corrected chi connectivity index (χ4v) is 2.37. The second-order valence-corrected chi connectivity index (χ2v) is 5.30. The first-order chi connectivity index (χ1) is 10.9. The molecular weight excluding hydrogens is 298 g/mol. The maximum absolute atomic E-state index is 12.2. The van der Waals surface area contributed by atoms with Gasteiger partial charge < -0.3 is 10.4 Å². The zero-order valence-corrected chi connectivity index (χ0v) is 13.5. The number of carboxylic acid groups (broad SMARTS) is 1. The Balaban J connectivity index is 2.00. The summed E-state index contributed by atoms with van der Waals surface area (Å²) in [5, 5.41) is 19.9. The third-order valence-electron chi connectivity index (χ3n) is 3.68. The van der Waals surface area contributed by atoms with E-state index in [0.29, 0.717) is 0 Å². The number of carbonyl (C=O) groups is 2. The average molecular weight is 319 g/mol. The molecular formula is C15H21N5O3. The summed E-state index contributed by atoms with van der Waals surface area (Å²) in [7, 11) is 0. The van der Waals surface area contributed by atoms with Crippen molar-refractivity contribution >= 4 is 11.9 Å². The Morgan fingerprint density at radius 2 is 2.17 bits per heavy atom. The molecule has 0 radical (unpaired) electrons. The van der Waals surface area contributed by atoms with Crippen molar-refractivity contribution < 1.29 is 14.7 Å². The Bertz CT molecular complexity index is 704. The number of hydrogen-bond donors (Lipinski definition) is 2. The molecule has 23 heavy (non-hydrogen) atoms. The van der Waals surface area contributed by atoms with E-state index in [-0.39, 0.29) is 30.6 Å². The second kappa shape index (κ2) is 7.08. The fraction of sp³-hybridized carbons (Fsp3) is 0.467. The first-order valence-corrected chi connectivity index (χ1v) is 7.50. The molecule has 1 unspecified atom stereocenters. The van der Waals surface area contributed by atoms with Gasteiger partial charge in [-0.2, -0.15) is 10.2 Å². The van der Waals surface area contributed by atoms with Crippen molar-refractivity contribution in [1.29, 1.82) is 0 Å². The monoisotopic (exact) mass is 319 g/mol. The molecule has 2 N–H and O–H groups in total. The molecule has 1 atom stereocenters. The number of nitrogens with zero attached hydrogens (tertiary/aromatic N) is 4. The van der Waals surface area contributed by atoms with E-state index in [1.54, 1.807) is 18.5 Å². The Kier molecular flexibility index (Phi) is 5.15. The molecule has 8 nitrogen and oxygen atoms in total. The number of carbonyl (C=O) groups excluding carboxylic acids is 1. The SMILES string of the molecule is CCn1ncc(C(C)NC(=O)c2ccn(CCC(=O)O)n2)c1C. The largest absolute Gasteiger partial charge is 0.481 e. The lowest BCUT2D eigenvalue weighted by atomic mass is 10.1. The molecule has 0 bridgehead atoms. The summed E-state index contributed by atoms with van der Waals surface area (Å²) in [5.74, 6) is -1.20. The molecule has 0 aliphatic heterocycles. The van der Waals surface area contributed by atoms with Crippen molar-refractivity contribution in [3.8, 4) is 0 Å². The van der Waals surface area contributed by atoms with Crippen LogP contribution in [0.15, 0.2) is 18.5 Å². The van der Waals surface area contributed by atoms with Gasteiger partial charge in [0.1, 0.15) is 5.69 Å². The maximum Gasteiger partial charge on any atom is 0.305 e. The number of aryl methyl sites for hydroxylation is 2. The Labute approximate surface area is 134 Å². The van der Waals surface area contributed by atoms with Crippen LogP contribution in [-0.4, -0.2) is 36.5 Å². The molecule has 2 rings (SSSR count). The van der Waals surface area contributed by atoms with E-state index in [4.69, 9.17) is 5.11 Å². The molecule has 0 saturated heterocycles. The van der Waals surface area contributed by atoms with Crippen LogP contribution >= 0.6 is 0 Å². The highest BCUT2D eigenvalue weighted by molar-refractivity contribution is 5.92. The van der Waals surface area contributed by atoms with E-state index < -0.39 is 5.97 Å². The van der Waals surface area contributed by atoms with Crippen molar-refractivity contribution in [3.05, 3.63) is 35.4 Å². The maximum atomic E-state index is 12.2. The van der Waals surface area contributed by atoms with Crippen LogP contribution in [0.3, 0.4) is 0 Å². The highest BCUT2D eigenvalue weighted by Crippen LogP contribution is 2.17. The molecule has 124 valence electrons. The van der Waals surface area contributed by atoms with Crippen LogP contribution in [0.25, 0.3) is 0 Å². The third kappa shape index (κ3) is 3.97. The Morgan fingerprint density at radius 3 is 2.78 bits per heavy atom. The van der Waals surface area contributed by atoms with Crippen molar-refractivity contribution in [3.63, 3.8) is 0 Å². The highest BCUT2D eigenvalue weighted by atomic mass is 16.4. The van der Waals surface area contributed by atoms with Gasteiger partial charge in [0, 0.05) is 24.0 Å². The number of hydrogen-bond acceptors (Lipinski definition) is 4. The predicted octanol–water partition coefficient (Wildman–Crippen LogP) is 1.37. The summed E-state index contributed by atoms with van der Waals surface area (Å²) in [6.45, 7) is 6.89. The van der Waals surface area contributed by atoms with Crippen LogP contribution in [0, 0.1) is 6.92 Å². The molecule has 0 aliphatic rings. The normalized spacial score (nSPS) is 12.1. The zero-order valence-electron chi connectivity index (χ0n) is 13.5. The Morgan fingerprint density at radius 1 is 1.43 bits per heavy atom. The van der Waals surface area contributed by atoms with Gasteiger partial charge in [-0.25, -0.2) is 0 Å². The molecule has 0 fully saturated rings. The number of nitrogens with one attached hydrogen (secondary N) is 1. The Hall–Kier alpha value is -2.64. The lowest BCUT2D eigenvalue weighted by molar-refractivity contribution is -0.137. The lowest BCUT2D eigenvalue weighted by Crippen LogP contribution is -2.27. The summed E-state index contributed by atoms with van der Waals surface area (Å²) >= 11 is 0. The molecule has 1 amide bonds. The molecule has 0 saturated carbocycles. The minimum Gasteiger partial charge on any atom is -0.481 e. The first kappa shape index (κ1) is 16.7. The summed E-state index contributed by atoms with van der Waals surface area (Å²) in [6, 6.07) is 1.39. The molecule has 2 aromatic rings. The van der Waals surface area contributed by atoms with Crippen LogP contribution < -0.4 is 5.32 Å². The van der Waals surface area contributed by atoms with Gasteiger partial charge in [-0.15, -0.1) is 0 Å². The van der Waals surface area contributed by atoms with Gasteiger partial charge in [-0.1, -0.05) is 0 Å². The van der Waals surface area contributed by atoms with Gasteiger partial charge in [0.25, 0.3) is 5.91 Å². The van der Waals surface area contributed by atoms with Crippen molar-refractivity contribution in [1.82, 2.24) is 24.9 Å². The van der Waals surface area contributed by atoms with Gasteiger partial charge in [-0.3, -0.25) is 19.0 Å². The predicted molar refractivity (Wildman–Crippen MR) is 83.0 cm³/mol. The smallest absolute Gasteiger partial charge is 0.305 e. The molecule has 0 aliphatic carbocycles. The summed E-state index contributed by atoms with van der Waals surface area (Å²) in [6.07, 6.45) is 3.33. The van der Waals surface area contributed by atoms with Gasteiger partial charge in [0.05, 0.1) is 25.2 Å². The fourth-order valence-electron chi connectivity index (χ4n) is 2.37. The quantitative estimate of drug-likeness (QED) is 0.802. The van der Waals surface area contributed by atoms with E-state index >= 15 is 0 Å². The van der Waals surface area contributed by atoms with E-state index in [9.17, 15) is 9.59 Å². The third-order valence-corrected chi connectivity index (χ3v) is 3.68. The van der Waals surface area contributed by atoms with Gasteiger partial charge >= 0.3 is 5.97 Å². The summed E-state index contributed by atoms with van der Waals surface area (Å²) in [4.78, 5) is 22.8. The van der Waals surface area contributed by atoms with E-state index in [1.165, 1.54) is 4.68 Å². The standard InChI is InChI=1S/C15H21N5O3/c1-4-20-11(3)12(9-16-20)10(2)17-15(23)13-5-7-19(18-13)8-6-14(21)22/h5,7,9-10H,4,6,8H2,1-3H3,(H,17,23)(H,21,22). The van der Waals surface area contributed by atoms with Crippen LogP contribution in [0.1, 0.15) is 48.1 Å². The van der Waals surface area contributed by atoms with E-state index in [2.05, 4.69) is 15.5 Å². The number of carboxylic acids is 1. The second-order valence-electron chi connectivity index (χ2n) is 5.30. The van der Waals surface area contributed by atoms with Gasteiger partial charge in [0.15, 0.2) is 0 Å². The van der Waals surface area contributed by atoms with Crippen LogP contribution in [0.4, 0.5) is 0 Å². The average Bonchev–Trinajstić information content (AvgIpc) is 3.11. The number of amides is 1. The minimum atomic E-state index is -0.900. The first-order valence-electron chi connectivity index (χ1n) is 7.50. The number of aliphatic carboxylic acids is 1. The number of aromatic nitrogens is 4. The van der Waals surface area contributed by atoms with Gasteiger partial charge in [-0.05, 0) is 26.8 Å². The minimum absolute atomic E-state index is 0.0332. The zero-order chi connectivity index (χ0) is 17.0. The molecule has 2 aromatic heterocycles. The highest BCUT2D eigenvalue weighted by Gasteiger charge is 2.17. The lowest BCUT2D eigenvalue weighted by Gasteiger charge is -2.13. The number of rotatable bonds is 7. The summed E-state index contributed by atoms with van der Waals surface area (Å²) < 4.78 is 3.33. The van der Waals surface area contributed by atoms with Crippen LogP contribution in [0.5, 0.6) is 0 Å². The van der Waals surface area contributed by atoms with E-state index in [1.807, 2.05) is 25.5 Å². The molecule has 8 heteroatoms. The molecule has 0 aromatic carbocycles. The molecule has 2 heterocycles. The molecule has 0 spiro atoms. The van der Waals surface area contributed by atoms with Crippen molar-refractivity contribution in [2.45, 2.75) is 46.3 Å². The van der Waals surface area contributed by atoms with Crippen LogP contribution in [-0.2, 0) is 17.9 Å².